The molecule has 4 rings (SSSR count). The van der Waals surface area contributed by atoms with Crippen molar-refractivity contribution in [1.29, 1.82) is 0 Å². The molecule has 4 aliphatic carbocycles. The molecule has 0 N–H and O–H groups in total. The first-order chi connectivity index (χ1) is 8.49. The fraction of sp³-hybridized carbons (Fsp3) is 0.714. The maximum absolute atomic E-state index is 11.5. The van der Waals surface area contributed by atoms with Crippen molar-refractivity contribution in [2.75, 3.05) is 0 Å². The third-order valence-corrected chi connectivity index (χ3v) is 5.22. The van der Waals surface area contributed by atoms with Gasteiger partial charge in [0.15, 0.2) is 0 Å². The van der Waals surface area contributed by atoms with E-state index in [-0.39, 0.29) is 0 Å². The van der Waals surface area contributed by atoms with Crippen LogP contribution in [0.5, 0.6) is 0 Å². The average Bonchev–Trinajstić information content (AvgIpc) is 2.37. The zero-order valence-electron chi connectivity index (χ0n) is 10.2. The van der Waals surface area contributed by atoms with Gasteiger partial charge < -0.3 is 19.2 Å². The minimum Gasteiger partial charge on any atom is -0.303 e. The van der Waals surface area contributed by atoms with Crippen LogP contribution in [0.4, 0.5) is 0 Å². The number of carbonyl (C=O) groups is 4. The molecule has 96 valence electrons. The van der Waals surface area contributed by atoms with Crippen LogP contribution < -0.4 is 0 Å². The standard InChI is InChI=1S/C14H16O4/c15-7-11-1-12(8-16)4-13(2-11,9-17)6-14(3-11,5-12)10-18/h7-10H,1-6H2. The molecule has 0 heterocycles. The Balaban J connectivity index is 2.17. The van der Waals surface area contributed by atoms with Gasteiger partial charge in [-0.05, 0) is 38.5 Å². The average molecular weight is 248 g/mol. The van der Waals surface area contributed by atoms with E-state index in [4.69, 9.17) is 0 Å². The van der Waals surface area contributed by atoms with Crippen LogP contribution in [0.3, 0.4) is 0 Å². The van der Waals surface area contributed by atoms with Gasteiger partial charge in [-0.15, -0.1) is 0 Å². The van der Waals surface area contributed by atoms with Gasteiger partial charge in [0.05, 0.1) is 0 Å². The Bertz CT molecular complexity index is 333. The molecule has 18 heavy (non-hydrogen) atoms. The predicted octanol–water partition coefficient (Wildman–Crippen LogP) is 1.11. The summed E-state index contributed by atoms with van der Waals surface area (Å²) in [4.78, 5) is 45.9. The first-order valence-electron chi connectivity index (χ1n) is 6.34. The van der Waals surface area contributed by atoms with E-state index in [2.05, 4.69) is 0 Å². The van der Waals surface area contributed by atoms with Crippen LogP contribution in [0.15, 0.2) is 0 Å². The number of carbonyl (C=O) groups excluding carboxylic acids is 4. The van der Waals surface area contributed by atoms with Gasteiger partial charge in [-0.25, -0.2) is 0 Å². The van der Waals surface area contributed by atoms with Crippen molar-refractivity contribution in [3.63, 3.8) is 0 Å². The molecule has 0 aromatic rings. The highest BCUT2D eigenvalue weighted by Crippen LogP contribution is 2.71. The monoisotopic (exact) mass is 248 g/mol. The molecule has 0 unspecified atom stereocenters. The zero-order valence-corrected chi connectivity index (χ0v) is 10.2. The molecule has 0 aromatic carbocycles. The van der Waals surface area contributed by atoms with Crippen LogP contribution in [0.25, 0.3) is 0 Å². The van der Waals surface area contributed by atoms with Gasteiger partial charge in [-0.2, -0.15) is 0 Å². The van der Waals surface area contributed by atoms with Crippen molar-refractivity contribution in [1.82, 2.24) is 0 Å². The lowest BCUT2D eigenvalue weighted by atomic mass is 9.36. The van der Waals surface area contributed by atoms with Crippen molar-refractivity contribution in [2.45, 2.75) is 38.5 Å². The molecule has 0 atom stereocenters. The van der Waals surface area contributed by atoms with Crippen molar-refractivity contribution in [3.8, 4) is 0 Å². The highest BCUT2D eigenvalue weighted by molar-refractivity contribution is 5.77. The second-order valence-electron chi connectivity index (χ2n) is 6.98. The minimum atomic E-state index is -0.641. The van der Waals surface area contributed by atoms with E-state index in [0.717, 1.165) is 25.1 Å². The van der Waals surface area contributed by atoms with Crippen LogP contribution in [-0.4, -0.2) is 25.1 Å². The molecule has 0 radical (unpaired) electrons. The summed E-state index contributed by atoms with van der Waals surface area (Å²) in [6, 6.07) is 0. The Morgan fingerprint density at radius 2 is 0.611 bits per heavy atom. The molecule has 0 aliphatic heterocycles. The van der Waals surface area contributed by atoms with E-state index in [0.29, 0.717) is 38.5 Å². The third-order valence-electron chi connectivity index (χ3n) is 5.22. The second kappa shape index (κ2) is 3.16. The normalized spacial score (nSPS) is 52.9. The highest BCUT2D eigenvalue weighted by Gasteiger charge is 2.68. The quantitative estimate of drug-likeness (QED) is 0.699. The van der Waals surface area contributed by atoms with Crippen LogP contribution in [-0.2, 0) is 19.2 Å². The second-order valence-corrected chi connectivity index (χ2v) is 6.98. The van der Waals surface area contributed by atoms with Gasteiger partial charge in [0.2, 0.25) is 0 Å². The van der Waals surface area contributed by atoms with Gasteiger partial charge in [0, 0.05) is 21.7 Å². The number of hydrogen-bond acceptors (Lipinski definition) is 4. The van der Waals surface area contributed by atoms with E-state index in [1.807, 2.05) is 0 Å². The molecule has 4 fully saturated rings. The van der Waals surface area contributed by atoms with Crippen molar-refractivity contribution in [3.05, 3.63) is 0 Å². The Morgan fingerprint density at radius 3 is 0.722 bits per heavy atom. The summed E-state index contributed by atoms with van der Waals surface area (Å²) in [5.41, 5.74) is -2.57. The summed E-state index contributed by atoms with van der Waals surface area (Å²) >= 11 is 0. The van der Waals surface area contributed by atoms with Crippen molar-refractivity contribution in [2.24, 2.45) is 21.7 Å². The molecule has 4 aliphatic rings. The van der Waals surface area contributed by atoms with Crippen molar-refractivity contribution < 1.29 is 19.2 Å². The summed E-state index contributed by atoms with van der Waals surface area (Å²) in [5.74, 6) is 0. The van der Waals surface area contributed by atoms with Crippen LogP contribution in [0.2, 0.25) is 0 Å². The summed E-state index contributed by atoms with van der Waals surface area (Å²) in [7, 11) is 0. The molecule has 0 amide bonds. The molecule has 0 spiro atoms. The smallest absolute Gasteiger partial charge is 0.126 e. The molecule has 4 heteroatoms. The fourth-order valence-corrected chi connectivity index (χ4v) is 5.46. The van der Waals surface area contributed by atoms with Gasteiger partial charge in [-0.3, -0.25) is 0 Å². The number of rotatable bonds is 4. The zero-order chi connectivity index (χ0) is 13.1. The molecule has 0 aromatic heterocycles. The van der Waals surface area contributed by atoms with E-state index in [9.17, 15) is 19.2 Å². The van der Waals surface area contributed by atoms with E-state index >= 15 is 0 Å². The predicted molar refractivity (Wildman–Crippen MR) is 61.7 cm³/mol. The third kappa shape index (κ3) is 1.26. The summed E-state index contributed by atoms with van der Waals surface area (Å²) in [6.45, 7) is 0. The Kier molecular flexibility index (Phi) is 2.07. The molecule has 4 saturated carbocycles. The lowest BCUT2D eigenvalue weighted by Gasteiger charge is -2.65. The van der Waals surface area contributed by atoms with Crippen LogP contribution >= 0.6 is 0 Å². The molecular formula is C14H16O4. The highest BCUT2D eigenvalue weighted by atomic mass is 16.1. The topological polar surface area (TPSA) is 68.3 Å². The van der Waals surface area contributed by atoms with E-state index < -0.39 is 21.7 Å². The largest absolute Gasteiger partial charge is 0.303 e. The van der Waals surface area contributed by atoms with Gasteiger partial charge in [0.1, 0.15) is 25.1 Å². The molecule has 4 nitrogen and oxygen atoms in total. The summed E-state index contributed by atoms with van der Waals surface area (Å²) < 4.78 is 0. The van der Waals surface area contributed by atoms with E-state index in [1.54, 1.807) is 0 Å². The number of aldehydes is 4. The molecular weight excluding hydrogens is 232 g/mol. The summed E-state index contributed by atoms with van der Waals surface area (Å²) in [5, 5.41) is 0. The first-order valence-corrected chi connectivity index (χ1v) is 6.34. The van der Waals surface area contributed by atoms with Crippen LogP contribution in [0, 0.1) is 21.7 Å². The van der Waals surface area contributed by atoms with Gasteiger partial charge in [-0.1, -0.05) is 0 Å². The summed E-state index contributed by atoms with van der Waals surface area (Å²) in [6.07, 6.45) is 6.62. The Hall–Kier alpha value is -1.32. The number of hydrogen-bond donors (Lipinski definition) is 0. The van der Waals surface area contributed by atoms with Gasteiger partial charge in [0.25, 0.3) is 0 Å². The van der Waals surface area contributed by atoms with E-state index in [1.165, 1.54) is 0 Å². The maximum Gasteiger partial charge on any atom is 0.126 e. The Labute approximate surface area is 105 Å². The first kappa shape index (κ1) is 11.8. The van der Waals surface area contributed by atoms with Crippen LogP contribution in [0.1, 0.15) is 38.5 Å². The lowest BCUT2D eigenvalue weighted by Crippen LogP contribution is -2.63. The Morgan fingerprint density at radius 1 is 0.444 bits per heavy atom. The molecule has 0 saturated heterocycles. The lowest BCUT2D eigenvalue weighted by molar-refractivity contribution is -0.187. The molecule has 4 bridgehead atoms. The van der Waals surface area contributed by atoms with Crippen molar-refractivity contribution >= 4 is 25.1 Å². The van der Waals surface area contributed by atoms with Gasteiger partial charge >= 0.3 is 0 Å². The maximum atomic E-state index is 11.5. The SMILES string of the molecule is O=CC12CC3(C=O)CC(C=O)(C1)CC(C=O)(C2)C3. The minimum absolute atomic E-state index is 0.512. The fourth-order valence-electron chi connectivity index (χ4n) is 5.46.